The van der Waals surface area contributed by atoms with E-state index in [2.05, 4.69) is 58.0 Å². The highest BCUT2D eigenvalue weighted by Crippen LogP contribution is 2.39. The minimum Gasteiger partial charge on any atom is -0.467 e. The summed E-state index contributed by atoms with van der Waals surface area (Å²) in [6, 6.07) is 32.6. The largest absolute Gasteiger partial charge is 0.467 e. The Labute approximate surface area is 307 Å². The molecule has 0 spiro atoms. The van der Waals surface area contributed by atoms with Crippen molar-refractivity contribution in [3.63, 3.8) is 0 Å². The molecule has 0 radical (unpaired) electrons. The van der Waals surface area contributed by atoms with Crippen molar-refractivity contribution in [2.75, 3.05) is 26.7 Å². The van der Waals surface area contributed by atoms with Gasteiger partial charge in [0.05, 0.1) is 25.9 Å². The van der Waals surface area contributed by atoms with E-state index in [1.54, 1.807) is 0 Å². The number of carbonyl (C=O) groups is 2. The lowest BCUT2D eigenvalue weighted by molar-refractivity contribution is -0.253. The first-order valence-electron chi connectivity index (χ1n) is 18.6. The maximum absolute atomic E-state index is 12.9. The molecule has 4 atom stereocenters. The standard InChI is InChI=1S/C43H51N3O6/c1-50-41(48)39(25-31-12-6-5-7-13-31)45-43(49)44-28-33-14-10-15-35(24-33)36-16-11-17-37(26-36)42-51-38(29-46-22-8-3-2-4-9-23-46)27-40(52-42)34-20-18-32(30-47)19-21-34/h5-7,10-21,24,26,38-40,42,47H,2-4,8-9,22-23,25,27-30H2,1H3,(H2,44,45,49)/t38-,39+,40+,42+/m1/s1. The molecule has 6 rings (SSSR count). The van der Waals surface area contributed by atoms with Gasteiger partial charge in [0.15, 0.2) is 6.29 Å². The summed E-state index contributed by atoms with van der Waals surface area (Å²) < 4.78 is 18.3. The molecule has 0 aromatic heterocycles. The van der Waals surface area contributed by atoms with Crippen LogP contribution in [0.2, 0.25) is 0 Å². The average Bonchev–Trinajstić information content (AvgIpc) is 3.18. The summed E-state index contributed by atoms with van der Waals surface area (Å²) in [5.41, 5.74) is 6.77. The Morgan fingerprint density at radius 3 is 2.21 bits per heavy atom. The predicted octanol–water partition coefficient (Wildman–Crippen LogP) is 7.24. The molecule has 9 nitrogen and oxygen atoms in total. The van der Waals surface area contributed by atoms with E-state index in [4.69, 9.17) is 14.2 Å². The number of hydrogen-bond acceptors (Lipinski definition) is 7. The number of amides is 2. The highest BCUT2D eigenvalue weighted by atomic mass is 16.7. The lowest BCUT2D eigenvalue weighted by atomic mass is 9.98. The van der Waals surface area contributed by atoms with Gasteiger partial charge in [-0.15, -0.1) is 0 Å². The second kappa shape index (κ2) is 18.8. The van der Waals surface area contributed by atoms with E-state index in [9.17, 15) is 14.7 Å². The van der Waals surface area contributed by atoms with Crippen LogP contribution < -0.4 is 10.6 Å². The van der Waals surface area contributed by atoms with Crippen LogP contribution in [0, 0.1) is 0 Å². The number of urea groups is 1. The number of esters is 1. The molecular formula is C43H51N3O6. The highest BCUT2D eigenvalue weighted by molar-refractivity contribution is 5.83. The fraction of sp³-hybridized carbons (Fsp3) is 0.395. The number of aliphatic hydroxyl groups is 1. The monoisotopic (exact) mass is 705 g/mol. The number of rotatable bonds is 12. The minimum atomic E-state index is -0.807. The molecule has 2 amide bonds. The Balaban J connectivity index is 1.14. The number of methoxy groups -OCH3 is 1. The van der Waals surface area contributed by atoms with Crippen LogP contribution in [0.4, 0.5) is 4.79 Å². The molecular weight excluding hydrogens is 654 g/mol. The first kappa shape index (κ1) is 37.2. The van der Waals surface area contributed by atoms with Crippen molar-refractivity contribution in [2.24, 2.45) is 0 Å². The van der Waals surface area contributed by atoms with Gasteiger partial charge in [-0.1, -0.05) is 110 Å². The molecule has 9 heteroatoms. The normalized spacial score (nSPS) is 20.2. The van der Waals surface area contributed by atoms with E-state index < -0.39 is 24.3 Å². The SMILES string of the molecule is COC(=O)[C@H](Cc1ccccc1)NC(=O)NCc1cccc(-c2cccc([C@H]3O[C@@H](CN4CCCCCCC4)C[C@@H](c4ccc(CO)cc4)O3)c2)c1. The molecule has 4 aromatic rings. The van der Waals surface area contributed by atoms with Gasteiger partial charge in [-0.25, -0.2) is 9.59 Å². The topological polar surface area (TPSA) is 109 Å². The predicted molar refractivity (Wildman–Crippen MR) is 201 cm³/mol. The number of aliphatic hydroxyl groups excluding tert-OH is 1. The highest BCUT2D eigenvalue weighted by Gasteiger charge is 2.33. The zero-order chi connectivity index (χ0) is 36.1. The quantitative estimate of drug-likeness (QED) is 0.133. The Hall–Kier alpha value is -4.54. The molecule has 0 saturated carbocycles. The Morgan fingerprint density at radius 1 is 0.788 bits per heavy atom. The van der Waals surface area contributed by atoms with Gasteiger partial charge in [0.25, 0.3) is 0 Å². The summed E-state index contributed by atoms with van der Waals surface area (Å²) in [7, 11) is 1.32. The number of nitrogens with one attached hydrogen (secondary N) is 2. The van der Waals surface area contributed by atoms with Crippen LogP contribution in [0.25, 0.3) is 11.1 Å². The molecule has 274 valence electrons. The summed E-state index contributed by atoms with van der Waals surface area (Å²) in [6.07, 6.45) is 6.78. The molecule has 3 N–H and O–H groups in total. The third-order valence-electron chi connectivity index (χ3n) is 9.97. The van der Waals surface area contributed by atoms with Crippen LogP contribution in [0.5, 0.6) is 0 Å². The molecule has 2 fully saturated rings. The number of likely N-dealkylation sites (tertiary alicyclic amines) is 1. The van der Waals surface area contributed by atoms with Gasteiger partial charge < -0.3 is 34.9 Å². The van der Waals surface area contributed by atoms with Gasteiger partial charge in [-0.2, -0.15) is 0 Å². The van der Waals surface area contributed by atoms with Crippen molar-refractivity contribution in [2.45, 2.75) is 82.6 Å². The van der Waals surface area contributed by atoms with Gasteiger partial charge in [-0.3, -0.25) is 0 Å². The summed E-state index contributed by atoms with van der Waals surface area (Å²) >= 11 is 0. The van der Waals surface area contributed by atoms with Gasteiger partial charge in [-0.05, 0) is 71.4 Å². The van der Waals surface area contributed by atoms with Crippen LogP contribution in [0.3, 0.4) is 0 Å². The smallest absolute Gasteiger partial charge is 0.328 e. The lowest BCUT2D eigenvalue weighted by Gasteiger charge is -2.39. The Kier molecular flexibility index (Phi) is 13.5. The molecule has 0 unspecified atom stereocenters. The van der Waals surface area contributed by atoms with Gasteiger partial charge in [0.2, 0.25) is 0 Å². The first-order chi connectivity index (χ1) is 25.5. The average molecular weight is 706 g/mol. The Morgan fingerprint density at radius 2 is 1.48 bits per heavy atom. The summed E-state index contributed by atoms with van der Waals surface area (Å²) in [6.45, 7) is 3.37. The van der Waals surface area contributed by atoms with Crippen molar-refractivity contribution in [3.8, 4) is 11.1 Å². The molecule has 0 bridgehead atoms. The van der Waals surface area contributed by atoms with E-state index in [-0.39, 0.29) is 25.4 Å². The number of benzene rings is 4. The van der Waals surface area contributed by atoms with Crippen LogP contribution in [0.15, 0.2) is 103 Å². The maximum Gasteiger partial charge on any atom is 0.328 e. The van der Waals surface area contributed by atoms with Crippen LogP contribution >= 0.6 is 0 Å². The van der Waals surface area contributed by atoms with Crippen molar-refractivity contribution in [3.05, 3.63) is 131 Å². The summed E-state index contributed by atoms with van der Waals surface area (Å²) in [4.78, 5) is 27.9. The van der Waals surface area contributed by atoms with E-state index in [0.29, 0.717) is 6.42 Å². The zero-order valence-corrected chi connectivity index (χ0v) is 30.0. The zero-order valence-electron chi connectivity index (χ0n) is 30.0. The van der Waals surface area contributed by atoms with Gasteiger partial charge >= 0.3 is 12.0 Å². The van der Waals surface area contributed by atoms with Crippen molar-refractivity contribution < 1.29 is 28.9 Å². The lowest BCUT2D eigenvalue weighted by Crippen LogP contribution is -2.47. The number of ether oxygens (including phenoxy) is 3. The van der Waals surface area contributed by atoms with Crippen molar-refractivity contribution in [1.29, 1.82) is 0 Å². The first-order valence-corrected chi connectivity index (χ1v) is 18.6. The molecule has 2 saturated heterocycles. The minimum absolute atomic E-state index is 0.0105. The van der Waals surface area contributed by atoms with Crippen molar-refractivity contribution in [1.82, 2.24) is 15.5 Å². The number of nitrogens with zero attached hydrogens (tertiary/aromatic N) is 1. The number of carbonyl (C=O) groups excluding carboxylic acids is 2. The van der Waals surface area contributed by atoms with E-state index in [1.807, 2.05) is 60.7 Å². The third-order valence-corrected chi connectivity index (χ3v) is 9.97. The van der Waals surface area contributed by atoms with E-state index in [1.165, 1.54) is 39.2 Å². The third kappa shape index (κ3) is 10.5. The fourth-order valence-corrected chi connectivity index (χ4v) is 7.12. The second-order valence-electron chi connectivity index (χ2n) is 13.8. The van der Waals surface area contributed by atoms with E-state index >= 15 is 0 Å². The molecule has 2 aliphatic heterocycles. The van der Waals surface area contributed by atoms with Crippen LogP contribution in [-0.2, 0) is 38.6 Å². The van der Waals surface area contributed by atoms with E-state index in [0.717, 1.165) is 65.0 Å². The molecule has 0 aliphatic carbocycles. The summed E-state index contributed by atoms with van der Waals surface area (Å²) in [5.74, 6) is -0.499. The fourth-order valence-electron chi connectivity index (χ4n) is 7.12. The maximum atomic E-state index is 12.9. The number of hydrogen-bond donors (Lipinski definition) is 3. The summed E-state index contributed by atoms with van der Waals surface area (Å²) in [5, 5.41) is 15.3. The van der Waals surface area contributed by atoms with Crippen LogP contribution in [0.1, 0.15) is 78.7 Å². The molecule has 4 aromatic carbocycles. The molecule has 52 heavy (non-hydrogen) atoms. The Bertz CT molecular complexity index is 1720. The molecule has 2 heterocycles. The second-order valence-corrected chi connectivity index (χ2v) is 13.8. The van der Waals surface area contributed by atoms with Crippen molar-refractivity contribution >= 4 is 12.0 Å². The molecule has 2 aliphatic rings. The van der Waals surface area contributed by atoms with Gasteiger partial charge in [0, 0.05) is 31.5 Å². The van der Waals surface area contributed by atoms with Gasteiger partial charge in [0.1, 0.15) is 6.04 Å². The van der Waals surface area contributed by atoms with Crippen LogP contribution in [-0.4, -0.2) is 60.9 Å².